The van der Waals surface area contributed by atoms with Crippen LogP contribution >= 0.6 is 0 Å². The average molecular weight is 563 g/mol. The van der Waals surface area contributed by atoms with Crippen molar-refractivity contribution >= 4 is 17.7 Å². The minimum absolute atomic E-state index is 0.153. The molecule has 42 heavy (non-hydrogen) atoms. The van der Waals surface area contributed by atoms with Gasteiger partial charge in [0.05, 0.1) is 24.8 Å². The summed E-state index contributed by atoms with van der Waals surface area (Å²) in [6.45, 7) is 2.43. The van der Waals surface area contributed by atoms with Crippen molar-refractivity contribution in [2.24, 2.45) is 5.92 Å². The summed E-state index contributed by atoms with van der Waals surface area (Å²) in [6, 6.07) is 29.2. The number of methoxy groups -OCH3 is 1. The zero-order valence-corrected chi connectivity index (χ0v) is 23.6. The number of urea groups is 1. The predicted molar refractivity (Wildman–Crippen MR) is 160 cm³/mol. The average Bonchev–Trinajstić information content (AvgIpc) is 3.41. The van der Waals surface area contributed by atoms with Gasteiger partial charge in [0.1, 0.15) is 11.8 Å². The van der Waals surface area contributed by atoms with E-state index in [1.54, 1.807) is 31.5 Å². The van der Waals surface area contributed by atoms with E-state index in [-0.39, 0.29) is 18.2 Å². The van der Waals surface area contributed by atoms with Gasteiger partial charge < -0.3 is 20.3 Å². The number of nitrogens with zero attached hydrogens (tertiary/aromatic N) is 2. The van der Waals surface area contributed by atoms with Crippen molar-refractivity contribution in [1.82, 2.24) is 20.5 Å². The minimum Gasteiger partial charge on any atom is -0.497 e. The molecular weight excluding hydrogens is 528 g/mol. The second kappa shape index (κ2) is 13.1. The molecule has 214 valence electrons. The number of ether oxygens (including phenoxy) is 1. The van der Waals surface area contributed by atoms with Gasteiger partial charge in [0.25, 0.3) is 0 Å². The number of ketones is 1. The van der Waals surface area contributed by atoms with Gasteiger partial charge in [-0.1, -0.05) is 78.9 Å². The molecule has 1 aliphatic heterocycles. The summed E-state index contributed by atoms with van der Waals surface area (Å²) in [4.78, 5) is 48.6. The van der Waals surface area contributed by atoms with Gasteiger partial charge in [0.15, 0.2) is 5.78 Å². The summed E-state index contributed by atoms with van der Waals surface area (Å²) in [5, 5.41) is 5.93. The Bertz CT molecular complexity index is 1500. The summed E-state index contributed by atoms with van der Waals surface area (Å²) >= 11 is 0. The lowest BCUT2D eigenvalue weighted by atomic mass is 9.76. The number of pyridine rings is 1. The van der Waals surface area contributed by atoms with E-state index in [0.717, 1.165) is 11.1 Å². The van der Waals surface area contributed by atoms with Crippen LogP contribution in [0, 0.1) is 5.92 Å². The second-order valence-corrected chi connectivity index (χ2v) is 10.1. The number of aromatic nitrogens is 1. The van der Waals surface area contributed by atoms with Gasteiger partial charge in [-0.2, -0.15) is 0 Å². The van der Waals surface area contributed by atoms with Gasteiger partial charge in [0, 0.05) is 30.8 Å². The van der Waals surface area contributed by atoms with Gasteiger partial charge >= 0.3 is 6.03 Å². The number of Topliss-reactive ketones (excluding diaryl/α,β-unsaturated/α-hetero) is 1. The lowest BCUT2D eigenvalue weighted by molar-refractivity contribution is -0.125. The Morgan fingerprint density at radius 1 is 0.833 bits per heavy atom. The Morgan fingerprint density at radius 3 is 2.12 bits per heavy atom. The first kappa shape index (κ1) is 28.5. The smallest absolute Gasteiger partial charge is 0.318 e. The highest BCUT2D eigenvalue weighted by molar-refractivity contribution is 6.01. The molecule has 2 heterocycles. The fourth-order valence-corrected chi connectivity index (χ4v) is 5.78. The van der Waals surface area contributed by atoms with Gasteiger partial charge in [-0.3, -0.25) is 14.6 Å². The topological polar surface area (TPSA) is 101 Å². The van der Waals surface area contributed by atoms with Crippen LogP contribution in [0.4, 0.5) is 4.79 Å². The van der Waals surface area contributed by atoms with Crippen LogP contribution in [0.2, 0.25) is 0 Å². The number of rotatable bonds is 9. The summed E-state index contributed by atoms with van der Waals surface area (Å²) < 4.78 is 5.25. The standard InChI is InChI=1S/C34H34N4O4/c1-3-35-34(41)38-30(27-16-10-11-21-36-27)29(32(39)25-14-8-5-9-15-25)28(24-12-6-4-7-13-24)31(38)33(40)37-22-23-17-19-26(42-2)20-18-23/h4-21,28-31H,3,22H2,1-2H3,(H,35,41)(H,37,40). The van der Waals surface area contributed by atoms with Crippen LogP contribution in [0.3, 0.4) is 0 Å². The summed E-state index contributed by atoms with van der Waals surface area (Å²) in [7, 11) is 1.60. The van der Waals surface area contributed by atoms with Crippen LogP contribution < -0.4 is 15.4 Å². The fraction of sp³-hybridized carbons (Fsp3) is 0.235. The van der Waals surface area contributed by atoms with E-state index >= 15 is 0 Å². The van der Waals surface area contributed by atoms with Crippen LogP contribution in [0.25, 0.3) is 0 Å². The number of hydrogen-bond donors (Lipinski definition) is 2. The number of carbonyl (C=O) groups is 3. The van der Waals surface area contributed by atoms with Crippen LogP contribution in [-0.4, -0.2) is 47.3 Å². The molecule has 4 atom stereocenters. The molecule has 0 bridgehead atoms. The lowest BCUT2D eigenvalue weighted by Crippen LogP contribution is -2.51. The Morgan fingerprint density at radius 2 is 1.50 bits per heavy atom. The minimum atomic E-state index is -0.984. The first-order chi connectivity index (χ1) is 20.5. The van der Waals surface area contributed by atoms with Crippen LogP contribution in [0.5, 0.6) is 5.75 Å². The first-order valence-corrected chi connectivity index (χ1v) is 14.1. The fourth-order valence-electron chi connectivity index (χ4n) is 5.78. The maximum atomic E-state index is 14.4. The van der Waals surface area contributed by atoms with Crippen molar-refractivity contribution in [1.29, 1.82) is 0 Å². The van der Waals surface area contributed by atoms with Crippen molar-refractivity contribution in [2.45, 2.75) is 31.5 Å². The second-order valence-electron chi connectivity index (χ2n) is 10.1. The van der Waals surface area contributed by atoms with Crippen molar-refractivity contribution in [3.05, 3.63) is 132 Å². The Balaban J connectivity index is 1.64. The Labute approximate surface area is 245 Å². The zero-order valence-electron chi connectivity index (χ0n) is 23.6. The molecule has 3 amide bonds. The largest absolute Gasteiger partial charge is 0.497 e. The van der Waals surface area contributed by atoms with Crippen molar-refractivity contribution in [3.8, 4) is 5.75 Å². The Kier molecular flexibility index (Phi) is 8.92. The number of likely N-dealkylation sites (tertiary alicyclic amines) is 1. The normalized spacial score (nSPS) is 19.6. The number of hydrogen-bond acceptors (Lipinski definition) is 5. The van der Waals surface area contributed by atoms with Gasteiger partial charge in [-0.25, -0.2) is 4.79 Å². The van der Waals surface area contributed by atoms with Crippen LogP contribution in [-0.2, 0) is 11.3 Å². The molecule has 0 saturated carbocycles. The molecule has 4 aromatic rings. The first-order valence-electron chi connectivity index (χ1n) is 14.1. The van der Waals surface area contributed by atoms with Gasteiger partial charge in [-0.05, 0) is 42.3 Å². The molecule has 4 unspecified atom stereocenters. The molecule has 8 nitrogen and oxygen atoms in total. The van der Waals surface area contributed by atoms with E-state index in [9.17, 15) is 14.4 Å². The van der Waals surface area contributed by atoms with Crippen LogP contribution in [0.1, 0.15) is 46.1 Å². The molecule has 0 spiro atoms. The maximum Gasteiger partial charge on any atom is 0.318 e. The van der Waals surface area contributed by atoms with E-state index in [2.05, 4.69) is 15.6 Å². The number of amides is 3. The third kappa shape index (κ3) is 5.88. The highest BCUT2D eigenvalue weighted by Crippen LogP contribution is 2.50. The molecule has 1 saturated heterocycles. The molecule has 1 aliphatic rings. The summed E-state index contributed by atoms with van der Waals surface area (Å²) in [5.74, 6) is -1.20. The third-order valence-corrected chi connectivity index (χ3v) is 7.66. The van der Waals surface area contributed by atoms with Crippen molar-refractivity contribution in [3.63, 3.8) is 0 Å². The molecule has 8 heteroatoms. The highest BCUT2D eigenvalue weighted by atomic mass is 16.5. The molecule has 1 aromatic heterocycles. The van der Waals surface area contributed by atoms with E-state index in [4.69, 9.17) is 4.74 Å². The number of nitrogens with one attached hydrogen (secondary N) is 2. The zero-order chi connectivity index (χ0) is 29.5. The predicted octanol–water partition coefficient (Wildman–Crippen LogP) is 5.14. The highest BCUT2D eigenvalue weighted by Gasteiger charge is 2.57. The third-order valence-electron chi connectivity index (χ3n) is 7.66. The quantitative estimate of drug-likeness (QED) is 0.275. The van der Waals surface area contributed by atoms with Gasteiger partial charge in [0.2, 0.25) is 5.91 Å². The lowest BCUT2D eigenvalue weighted by Gasteiger charge is -2.31. The Hall–Kier alpha value is -4.98. The monoisotopic (exact) mass is 562 g/mol. The molecule has 2 N–H and O–H groups in total. The van der Waals surface area contributed by atoms with Crippen LogP contribution in [0.15, 0.2) is 109 Å². The van der Waals surface area contributed by atoms with Crippen molar-refractivity contribution < 1.29 is 19.1 Å². The number of carbonyl (C=O) groups excluding carboxylic acids is 3. The molecular formula is C34H34N4O4. The number of benzene rings is 3. The molecule has 3 aromatic carbocycles. The SMILES string of the molecule is CCNC(=O)N1C(C(=O)NCc2ccc(OC)cc2)C(c2ccccc2)C(C(=O)c2ccccc2)C1c1ccccn1. The molecule has 5 rings (SSSR count). The van der Waals surface area contributed by atoms with E-state index < -0.39 is 30.0 Å². The summed E-state index contributed by atoms with van der Waals surface area (Å²) in [5.41, 5.74) is 2.73. The van der Waals surface area contributed by atoms with Crippen molar-refractivity contribution in [2.75, 3.05) is 13.7 Å². The molecule has 1 fully saturated rings. The summed E-state index contributed by atoms with van der Waals surface area (Å²) in [6.07, 6.45) is 1.64. The van der Waals surface area contributed by atoms with Gasteiger partial charge in [-0.15, -0.1) is 0 Å². The van der Waals surface area contributed by atoms with E-state index in [0.29, 0.717) is 23.6 Å². The molecule has 0 radical (unpaired) electrons. The maximum absolute atomic E-state index is 14.4. The molecule has 0 aliphatic carbocycles. The van der Waals surface area contributed by atoms with E-state index in [1.165, 1.54) is 4.90 Å². The van der Waals surface area contributed by atoms with E-state index in [1.807, 2.05) is 91.9 Å².